The van der Waals surface area contributed by atoms with Gasteiger partial charge in [0.05, 0.1) is 10.6 Å². The van der Waals surface area contributed by atoms with Gasteiger partial charge in [0.1, 0.15) is 5.82 Å². The number of carbonyl (C=O) groups excluding carboxylic acids is 1. The van der Waals surface area contributed by atoms with Crippen molar-refractivity contribution in [1.29, 1.82) is 0 Å². The first-order chi connectivity index (χ1) is 12.6. The van der Waals surface area contributed by atoms with Gasteiger partial charge in [-0.3, -0.25) is 10.0 Å². The molecule has 2 aliphatic rings. The van der Waals surface area contributed by atoms with Gasteiger partial charge in [0.25, 0.3) is 5.91 Å². The zero-order valence-corrected chi connectivity index (χ0v) is 18.1. The molecule has 1 saturated heterocycles. The minimum atomic E-state index is -0.590. The summed E-state index contributed by atoms with van der Waals surface area (Å²) in [4.78, 5) is 15.6. The van der Waals surface area contributed by atoms with Crippen LogP contribution in [0.2, 0.25) is 5.02 Å². The fourth-order valence-corrected chi connectivity index (χ4v) is 4.44. The third-order valence-electron chi connectivity index (χ3n) is 5.57. The van der Waals surface area contributed by atoms with Crippen molar-refractivity contribution >= 4 is 54.2 Å². The summed E-state index contributed by atoms with van der Waals surface area (Å²) in [5.41, 5.74) is 2.27. The lowest BCUT2D eigenvalue weighted by molar-refractivity contribution is -0.124. The summed E-state index contributed by atoms with van der Waals surface area (Å²) in [6.45, 7) is 2.00. The van der Waals surface area contributed by atoms with Crippen LogP contribution in [0, 0.1) is 5.92 Å². The predicted molar refractivity (Wildman–Crippen MR) is 118 cm³/mol. The summed E-state index contributed by atoms with van der Waals surface area (Å²) in [6.07, 6.45) is 13.2. The van der Waals surface area contributed by atoms with Gasteiger partial charge in [-0.15, -0.1) is 24.8 Å². The van der Waals surface area contributed by atoms with Crippen LogP contribution in [-0.2, 0) is 4.79 Å². The minimum absolute atomic E-state index is 0. The van der Waals surface area contributed by atoms with Crippen LogP contribution in [-0.4, -0.2) is 34.7 Å². The quantitative estimate of drug-likeness (QED) is 0.306. The molecule has 6 nitrogen and oxygen atoms in total. The second-order valence-corrected chi connectivity index (χ2v) is 7.71. The maximum atomic E-state index is 11.1. The van der Waals surface area contributed by atoms with E-state index in [1.807, 2.05) is 0 Å². The van der Waals surface area contributed by atoms with E-state index in [-0.39, 0.29) is 30.4 Å². The van der Waals surface area contributed by atoms with Crippen molar-refractivity contribution in [2.24, 2.45) is 5.92 Å². The predicted octanol–water partition coefficient (Wildman–Crippen LogP) is 4.21. The van der Waals surface area contributed by atoms with E-state index in [2.05, 4.69) is 15.6 Å². The molecule has 2 fully saturated rings. The van der Waals surface area contributed by atoms with Crippen LogP contribution >= 0.6 is 36.4 Å². The maximum Gasteiger partial charge on any atom is 0.267 e. The summed E-state index contributed by atoms with van der Waals surface area (Å²) < 4.78 is 0. The van der Waals surface area contributed by atoms with Crippen LogP contribution in [0.4, 0.5) is 5.82 Å². The number of carbonyl (C=O) groups is 1. The summed E-state index contributed by atoms with van der Waals surface area (Å²) in [5.74, 6) is 0.743. The molecular formula is C19H29Cl3N4O2. The number of pyridine rings is 1. The lowest BCUT2D eigenvalue weighted by Gasteiger charge is -2.46. The van der Waals surface area contributed by atoms with Crippen molar-refractivity contribution < 1.29 is 10.0 Å². The lowest BCUT2D eigenvalue weighted by atomic mass is 9.71. The highest BCUT2D eigenvalue weighted by atomic mass is 35.5. The van der Waals surface area contributed by atoms with Crippen LogP contribution in [0.5, 0.6) is 0 Å². The number of aromatic nitrogens is 1. The fraction of sp³-hybridized carbons (Fsp3) is 0.579. The number of piperidine rings is 1. The van der Waals surface area contributed by atoms with E-state index in [0.717, 1.165) is 25.9 Å². The molecule has 1 aliphatic carbocycles. The monoisotopic (exact) mass is 450 g/mol. The third-order valence-corrected chi connectivity index (χ3v) is 5.86. The first-order valence-electron chi connectivity index (χ1n) is 9.39. The Morgan fingerprint density at radius 1 is 1.29 bits per heavy atom. The Hall–Kier alpha value is -1.05. The fourth-order valence-electron chi connectivity index (χ4n) is 4.22. The van der Waals surface area contributed by atoms with Crippen molar-refractivity contribution in [1.82, 2.24) is 15.8 Å². The second kappa shape index (κ2) is 11.8. The highest BCUT2D eigenvalue weighted by molar-refractivity contribution is 6.33. The van der Waals surface area contributed by atoms with Gasteiger partial charge in [0.15, 0.2) is 0 Å². The van der Waals surface area contributed by atoms with Gasteiger partial charge in [-0.25, -0.2) is 10.5 Å². The van der Waals surface area contributed by atoms with E-state index in [9.17, 15) is 4.79 Å². The molecule has 0 spiro atoms. The number of hydroxylamine groups is 1. The van der Waals surface area contributed by atoms with E-state index >= 15 is 0 Å². The Kier molecular flexibility index (Phi) is 10.6. The summed E-state index contributed by atoms with van der Waals surface area (Å²) in [6, 6.07) is 1.78. The number of rotatable bonds is 5. The zero-order chi connectivity index (χ0) is 18.4. The number of nitrogens with one attached hydrogen (secondary N) is 3. The molecule has 0 radical (unpaired) electrons. The number of amides is 1. The Balaban J connectivity index is 0.00000196. The molecule has 158 valence electrons. The van der Waals surface area contributed by atoms with E-state index in [4.69, 9.17) is 16.8 Å². The maximum absolute atomic E-state index is 11.1. The smallest absolute Gasteiger partial charge is 0.267 e. The van der Waals surface area contributed by atoms with Gasteiger partial charge in [-0.1, -0.05) is 30.9 Å². The Morgan fingerprint density at radius 3 is 2.64 bits per heavy atom. The van der Waals surface area contributed by atoms with Gasteiger partial charge in [-0.05, 0) is 55.9 Å². The number of hydrogen-bond donors (Lipinski definition) is 4. The van der Waals surface area contributed by atoms with Gasteiger partial charge < -0.3 is 10.6 Å². The molecule has 9 heteroatoms. The molecule has 0 unspecified atom stereocenters. The number of hydrogen-bond acceptors (Lipinski definition) is 5. The average molecular weight is 452 g/mol. The molecular weight excluding hydrogens is 423 g/mol. The molecule has 2 heterocycles. The van der Waals surface area contributed by atoms with E-state index in [1.165, 1.54) is 38.2 Å². The van der Waals surface area contributed by atoms with Crippen molar-refractivity contribution in [3.63, 3.8) is 0 Å². The van der Waals surface area contributed by atoms with Crippen LogP contribution in [0.1, 0.15) is 50.5 Å². The van der Waals surface area contributed by atoms with Crippen molar-refractivity contribution in [3.8, 4) is 0 Å². The number of halogens is 3. The lowest BCUT2D eigenvalue weighted by Crippen LogP contribution is -2.56. The average Bonchev–Trinajstić information content (AvgIpc) is 2.69. The first kappa shape index (κ1) is 25.0. The van der Waals surface area contributed by atoms with Gasteiger partial charge in [0, 0.05) is 18.8 Å². The van der Waals surface area contributed by atoms with Gasteiger partial charge in [-0.2, -0.15) is 0 Å². The molecule has 1 amide bonds. The molecule has 1 aromatic heterocycles. The van der Waals surface area contributed by atoms with Crippen molar-refractivity contribution in [2.75, 3.05) is 18.4 Å². The normalized spacial score (nSPS) is 22.8. The summed E-state index contributed by atoms with van der Waals surface area (Å²) >= 11 is 6.47. The molecule has 3 rings (SSSR count). The highest BCUT2D eigenvalue weighted by Crippen LogP contribution is 2.39. The van der Waals surface area contributed by atoms with Crippen molar-refractivity contribution in [2.45, 2.75) is 50.5 Å². The molecule has 1 saturated carbocycles. The van der Waals surface area contributed by atoms with Crippen molar-refractivity contribution in [3.05, 3.63) is 28.9 Å². The number of anilines is 1. The number of nitrogens with zero attached hydrogens (tertiary/aromatic N) is 1. The molecule has 4 N–H and O–H groups in total. The third kappa shape index (κ3) is 6.22. The van der Waals surface area contributed by atoms with E-state index in [1.54, 1.807) is 23.8 Å². The second-order valence-electron chi connectivity index (χ2n) is 7.30. The van der Waals surface area contributed by atoms with Gasteiger partial charge >= 0.3 is 0 Å². The molecule has 28 heavy (non-hydrogen) atoms. The van der Waals surface area contributed by atoms with Crippen LogP contribution in [0.3, 0.4) is 0 Å². The molecule has 0 aromatic carbocycles. The molecule has 1 aliphatic heterocycles. The zero-order valence-electron chi connectivity index (χ0n) is 15.7. The topological polar surface area (TPSA) is 86.3 Å². The standard InChI is InChI=1S/C19H27ClN4O2.2ClH/c20-16-11-14(7-8-17(25)24-26)12-22-18(16)23-19(9-4-10-21-13-19)15-5-2-1-3-6-15;;/h7-8,11-12,15,21,26H,1-6,9-10,13H2,(H,22,23)(H,24,25);2*1H/b8-7+;;/t19-;;/m0../s1. The Labute approximate surface area is 183 Å². The summed E-state index contributed by atoms with van der Waals surface area (Å²) in [5, 5.41) is 16.3. The Morgan fingerprint density at radius 2 is 2.04 bits per heavy atom. The Bertz CT molecular complexity index is 661. The first-order valence-corrected chi connectivity index (χ1v) is 9.77. The SMILES string of the molecule is Cl.Cl.O=C(/C=C/c1cnc(N[C@@]2(C3CCCCC3)CCCNC2)c(Cl)c1)NO. The van der Waals surface area contributed by atoms with Crippen LogP contribution in [0.15, 0.2) is 18.3 Å². The van der Waals surface area contributed by atoms with Gasteiger partial charge in [0.2, 0.25) is 0 Å². The van der Waals surface area contributed by atoms with E-state index in [0.29, 0.717) is 22.3 Å². The van der Waals surface area contributed by atoms with Crippen LogP contribution < -0.4 is 16.1 Å². The minimum Gasteiger partial charge on any atom is -0.362 e. The molecule has 0 bridgehead atoms. The highest BCUT2D eigenvalue weighted by Gasteiger charge is 2.40. The molecule has 1 atom stereocenters. The van der Waals surface area contributed by atoms with Crippen LogP contribution in [0.25, 0.3) is 6.08 Å². The molecule has 1 aromatic rings. The summed E-state index contributed by atoms with van der Waals surface area (Å²) in [7, 11) is 0. The van der Waals surface area contributed by atoms with E-state index < -0.39 is 5.91 Å². The largest absolute Gasteiger partial charge is 0.362 e.